The molecule has 1 aliphatic rings. The van der Waals surface area contributed by atoms with Crippen LogP contribution in [0.2, 0.25) is 0 Å². The second kappa shape index (κ2) is 11.2. The Bertz CT molecular complexity index is 1560. The number of carbonyl (C=O) groups excluding carboxylic acids is 1. The van der Waals surface area contributed by atoms with Crippen LogP contribution in [0.1, 0.15) is 21.5 Å². The van der Waals surface area contributed by atoms with Crippen molar-refractivity contribution in [1.29, 1.82) is 0 Å². The van der Waals surface area contributed by atoms with Crippen LogP contribution in [0.4, 0.5) is 5.69 Å². The van der Waals surface area contributed by atoms with Gasteiger partial charge >= 0.3 is 0 Å². The number of ether oxygens (including phenoxy) is 2. The Morgan fingerprint density at radius 1 is 0.842 bits per heavy atom. The molecule has 1 amide bonds. The van der Waals surface area contributed by atoms with Crippen LogP contribution in [-0.2, 0) is 16.6 Å². The molecule has 9 heteroatoms. The first-order chi connectivity index (χ1) is 18.5. The quantitative estimate of drug-likeness (QED) is 0.267. The highest BCUT2D eigenvalue weighted by Crippen LogP contribution is 2.33. The number of hydrogen-bond donors (Lipinski definition) is 1. The second-order valence-electron chi connectivity index (χ2n) is 8.40. The Morgan fingerprint density at radius 2 is 1.53 bits per heavy atom. The van der Waals surface area contributed by atoms with E-state index in [9.17, 15) is 13.2 Å². The predicted molar refractivity (Wildman–Crippen MR) is 145 cm³/mol. The molecule has 4 aromatic rings. The summed E-state index contributed by atoms with van der Waals surface area (Å²) in [7, 11) is -4.00. The molecule has 0 aliphatic carbocycles. The highest BCUT2D eigenvalue weighted by molar-refractivity contribution is 7.92. The summed E-state index contributed by atoms with van der Waals surface area (Å²) in [5, 5.41) is 4.10. The van der Waals surface area contributed by atoms with Gasteiger partial charge in [-0.2, -0.15) is 5.10 Å². The molecule has 4 aromatic carbocycles. The van der Waals surface area contributed by atoms with E-state index in [0.717, 1.165) is 5.56 Å². The number of benzene rings is 4. The van der Waals surface area contributed by atoms with E-state index in [1.165, 1.54) is 22.7 Å². The molecule has 0 atom stereocenters. The number of sulfonamides is 1. The van der Waals surface area contributed by atoms with Gasteiger partial charge in [-0.05, 0) is 42.0 Å². The van der Waals surface area contributed by atoms with E-state index in [-0.39, 0.29) is 22.7 Å². The number of para-hydroxylation sites is 2. The average Bonchev–Trinajstić information content (AvgIpc) is 2.97. The Balaban J connectivity index is 1.46. The van der Waals surface area contributed by atoms with Gasteiger partial charge in [0, 0.05) is 5.56 Å². The fourth-order valence-electron chi connectivity index (χ4n) is 4.07. The molecule has 0 saturated carbocycles. The number of anilines is 1. The van der Waals surface area contributed by atoms with Crippen molar-refractivity contribution in [3.05, 3.63) is 120 Å². The van der Waals surface area contributed by atoms with Gasteiger partial charge in [-0.25, -0.2) is 13.8 Å². The first-order valence-electron chi connectivity index (χ1n) is 12.0. The lowest BCUT2D eigenvalue weighted by atomic mass is 10.1. The summed E-state index contributed by atoms with van der Waals surface area (Å²) in [4.78, 5) is 13.4. The summed E-state index contributed by atoms with van der Waals surface area (Å²) in [6.45, 7) is 0.927. The van der Waals surface area contributed by atoms with E-state index in [2.05, 4.69) is 10.5 Å². The van der Waals surface area contributed by atoms with E-state index in [4.69, 9.17) is 9.47 Å². The number of carbonyl (C=O) groups is 1. The summed E-state index contributed by atoms with van der Waals surface area (Å²) in [5.41, 5.74) is 4.34. The Morgan fingerprint density at radius 3 is 2.32 bits per heavy atom. The molecule has 38 heavy (non-hydrogen) atoms. The molecule has 192 valence electrons. The topological polar surface area (TPSA) is 97.3 Å². The van der Waals surface area contributed by atoms with Crippen LogP contribution >= 0.6 is 0 Å². The maximum Gasteiger partial charge on any atom is 0.273 e. The molecule has 0 radical (unpaired) electrons. The summed E-state index contributed by atoms with van der Waals surface area (Å²) >= 11 is 0. The number of fused-ring (bicyclic) bond motifs is 1. The van der Waals surface area contributed by atoms with Crippen molar-refractivity contribution >= 4 is 27.8 Å². The van der Waals surface area contributed by atoms with Crippen molar-refractivity contribution in [3.63, 3.8) is 0 Å². The molecule has 1 N–H and O–H groups in total. The van der Waals surface area contributed by atoms with Crippen molar-refractivity contribution in [2.45, 2.75) is 11.4 Å². The van der Waals surface area contributed by atoms with E-state index >= 15 is 0 Å². The van der Waals surface area contributed by atoms with Crippen molar-refractivity contribution in [2.24, 2.45) is 5.10 Å². The third kappa shape index (κ3) is 5.37. The SMILES string of the molecule is O=C(N/N=C\c1cccc2c1OCCO2)c1ccccc1N(Cc1ccccc1)S(=O)(=O)c1ccccc1. The van der Waals surface area contributed by atoms with Crippen LogP contribution in [0, 0.1) is 0 Å². The molecule has 0 saturated heterocycles. The molecule has 1 heterocycles. The van der Waals surface area contributed by atoms with Crippen molar-refractivity contribution in [3.8, 4) is 11.5 Å². The van der Waals surface area contributed by atoms with Crippen molar-refractivity contribution in [2.75, 3.05) is 17.5 Å². The molecule has 0 unspecified atom stereocenters. The van der Waals surface area contributed by atoms with Crippen LogP contribution in [-0.4, -0.2) is 33.8 Å². The molecular formula is C29H25N3O5S. The highest BCUT2D eigenvalue weighted by Gasteiger charge is 2.28. The number of nitrogens with one attached hydrogen (secondary N) is 1. The second-order valence-corrected chi connectivity index (χ2v) is 10.3. The standard InChI is InChI=1S/C29H25N3O5S/c33-29(31-30-20-23-12-9-17-27-28(23)37-19-18-36-27)25-15-7-8-16-26(25)32(21-22-10-3-1-4-11-22)38(34,35)24-13-5-2-6-14-24/h1-17,20H,18-19,21H2,(H,31,33)/b30-20-. The van der Waals surface area contributed by atoms with Gasteiger partial charge in [0.05, 0.1) is 28.9 Å². The molecule has 0 bridgehead atoms. The van der Waals surface area contributed by atoms with Gasteiger partial charge in [0.15, 0.2) is 11.5 Å². The first kappa shape index (κ1) is 25.0. The van der Waals surface area contributed by atoms with Gasteiger partial charge in [0.1, 0.15) is 13.2 Å². The van der Waals surface area contributed by atoms with E-state index < -0.39 is 15.9 Å². The summed E-state index contributed by atoms with van der Waals surface area (Å²) < 4.78 is 40.1. The van der Waals surface area contributed by atoms with Gasteiger partial charge in [-0.15, -0.1) is 0 Å². The largest absolute Gasteiger partial charge is 0.486 e. The fourth-order valence-corrected chi connectivity index (χ4v) is 5.56. The Kier molecular flexibility index (Phi) is 7.37. The van der Waals surface area contributed by atoms with E-state index in [1.807, 2.05) is 36.4 Å². The van der Waals surface area contributed by atoms with Crippen LogP contribution in [0.25, 0.3) is 0 Å². The van der Waals surface area contributed by atoms with Gasteiger partial charge in [-0.3, -0.25) is 9.10 Å². The Hall–Kier alpha value is -4.63. The minimum absolute atomic E-state index is 0.0408. The van der Waals surface area contributed by atoms with Crippen LogP contribution in [0.3, 0.4) is 0 Å². The number of amides is 1. The third-order valence-electron chi connectivity index (χ3n) is 5.88. The lowest BCUT2D eigenvalue weighted by molar-refractivity contribution is 0.0955. The maximum atomic E-state index is 13.8. The normalized spacial score (nSPS) is 12.7. The molecule has 0 spiro atoms. The van der Waals surface area contributed by atoms with Gasteiger partial charge in [0.25, 0.3) is 15.9 Å². The molecular weight excluding hydrogens is 502 g/mol. The lowest BCUT2D eigenvalue weighted by Gasteiger charge is -2.26. The minimum Gasteiger partial charge on any atom is -0.486 e. The van der Waals surface area contributed by atoms with Crippen molar-refractivity contribution in [1.82, 2.24) is 5.43 Å². The lowest BCUT2D eigenvalue weighted by Crippen LogP contribution is -2.33. The van der Waals surface area contributed by atoms with Gasteiger partial charge in [-0.1, -0.05) is 66.7 Å². The summed E-state index contributed by atoms with van der Waals surface area (Å²) in [6, 6.07) is 29.3. The summed E-state index contributed by atoms with van der Waals surface area (Å²) in [5.74, 6) is 0.611. The third-order valence-corrected chi connectivity index (χ3v) is 7.66. The molecule has 8 nitrogen and oxygen atoms in total. The maximum absolute atomic E-state index is 13.8. The first-order valence-corrected chi connectivity index (χ1v) is 13.4. The number of rotatable bonds is 8. The summed E-state index contributed by atoms with van der Waals surface area (Å²) in [6.07, 6.45) is 1.47. The monoisotopic (exact) mass is 527 g/mol. The van der Waals surface area contributed by atoms with Gasteiger partial charge < -0.3 is 9.47 Å². The average molecular weight is 528 g/mol. The van der Waals surface area contributed by atoms with E-state index in [0.29, 0.717) is 30.3 Å². The zero-order valence-corrected chi connectivity index (χ0v) is 21.2. The molecule has 0 aromatic heterocycles. The van der Waals surface area contributed by atoms with Gasteiger partial charge in [0.2, 0.25) is 0 Å². The fraction of sp³-hybridized carbons (Fsp3) is 0.103. The highest BCUT2D eigenvalue weighted by atomic mass is 32.2. The van der Waals surface area contributed by atoms with E-state index in [1.54, 1.807) is 54.6 Å². The van der Waals surface area contributed by atoms with Crippen LogP contribution < -0.4 is 19.2 Å². The molecule has 0 fully saturated rings. The van der Waals surface area contributed by atoms with Crippen LogP contribution in [0.5, 0.6) is 11.5 Å². The number of hydrogen-bond acceptors (Lipinski definition) is 6. The number of nitrogens with zero attached hydrogens (tertiary/aromatic N) is 2. The predicted octanol–water partition coefficient (Wildman–Crippen LogP) is 4.62. The zero-order chi connectivity index (χ0) is 26.4. The minimum atomic E-state index is -4.00. The Labute approximate surface area is 221 Å². The zero-order valence-electron chi connectivity index (χ0n) is 20.4. The smallest absolute Gasteiger partial charge is 0.273 e. The van der Waals surface area contributed by atoms with Crippen LogP contribution in [0.15, 0.2) is 113 Å². The number of hydrazone groups is 1. The molecule has 1 aliphatic heterocycles. The molecule has 5 rings (SSSR count). The van der Waals surface area contributed by atoms with Crippen molar-refractivity contribution < 1.29 is 22.7 Å².